The van der Waals surface area contributed by atoms with Gasteiger partial charge in [-0.2, -0.15) is 0 Å². The van der Waals surface area contributed by atoms with Crippen LogP contribution < -0.4 is 16.4 Å². The molecule has 0 saturated heterocycles. The van der Waals surface area contributed by atoms with Crippen molar-refractivity contribution in [3.05, 3.63) is 10.9 Å². The summed E-state index contributed by atoms with van der Waals surface area (Å²) in [5.41, 5.74) is 6.53. The molecular weight excluding hydrogens is 258 g/mol. The largest absolute Gasteiger partial charge is 0.397 e. The van der Waals surface area contributed by atoms with Gasteiger partial charge in [0.15, 0.2) is 0 Å². The van der Waals surface area contributed by atoms with Gasteiger partial charge < -0.3 is 16.4 Å². The minimum atomic E-state index is -0.0149. The van der Waals surface area contributed by atoms with E-state index in [0.717, 1.165) is 23.8 Å². The third-order valence-corrected chi connectivity index (χ3v) is 4.87. The van der Waals surface area contributed by atoms with Crippen molar-refractivity contribution in [1.82, 2.24) is 5.32 Å². The van der Waals surface area contributed by atoms with Crippen molar-refractivity contribution in [2.45, 2.75) is 51.1 Å². The Morgan fingerprint density at radius 1 is 1.53 bits per heavy atom. The zero-order chi connectivity index (χ0) is 13.4. The molecule has 2 aliphatic rings. The lowest BCUT2D eigenvalue weighted by Crippen LogP contribution is -2.25. The summed E-state index contributed by atoms with van der Waals surface area (Å²) < 4.78 is 0. The van der Waals surface area contributed by atoms with E-state index in [9.17, 15) is 4.79 Å². The Morgan fingerprint density at radius 3 is 3.00 bits per heavy atom. The predicted molar refractivity (Wildman–Crippen MR) is 79.6 cm³/mol. The molecular formula is C14H21N3OS. The molecule has 1 aromatic heterocycles. The summed E-state index contributed by atoms with van der Waals surface area (Å²) in [5.74, 6) is 0.788. The van der Waals surface area contributed by atoms with E-state index in [0.29, 0.717) is 22.6 Å². The van der Waals surface area contributed by atoms with Crippen LogP contribution in [0.1, 0.15) is 48.7 Å². The maximum absolute atomic E-state index is 12.0. The van der Waals surface area contributed by atoms with Crippen LogP contribution in [0.25, 0.3) is 0 Å². The van der Waals surface area contributed by atoms with E-state index in [1.807, 2.05) is 6.07 Å². The molecule has 0 bridgehead atoms. The molecule has 1 heterocycles. The summed E-state index contributed by atoms with van der Waals surface area (Å²) in [6, 6.07) is 2.86. The Kier molecular flexibility index (Phi) is 3.39. The van der Waals surface area contributed by atoms with Gasteiger partial charge in [0.1, 0.15) is 4.88 Å². The quantitative estimate of drug-likeness (QED) is 0.750. The predicted octanol–water partition coefficient (Wildman–Crippen LogP) is 2.82. The molecule has 19 heavy (non-hydrogen) atoms. The zero-order valence-corrected chi connectivity index (χ0v) is 12.1. The maximum Gasteiger partial charge on any atom is 0.263 e. The van der Waals surface area contributed by atoms with Crippen molar-refractivity contribution in [2.75, 3.05) is 11.1 Å². The molecule has 5 heteroatoms. The van der Waals surface area contributed by atoms with Crippen molar-refractivity contribution in [3.63, 3.8) is 0 Å². The van der Waals surface area contributed by atoms with Crippen molar-refractivity contribution in [3.8, 4) is 0 Å². The molecule has 2 fully saturated rings. The second-order valence-electron chi connectivity index (χ2n) is 5.68. The van der Waals surface area contributed by atoms with E-state index < -0.39 is 0 Å². The molecule has 2 aliphatic carbocycles. The van der Waals surface area contributed by atoms with Crippen LogP contribution in [0.3, 0.4) is 0 Å². The van der Waals surface area contributed by atoms with Gasteiger partial charge in [-0.15, -0.1) is 11.3 Å². The average molecular weight is 279 g/mol. The van der Waals surface area contributed by atoms with Gasteiger partial charge in [-0.3, -0.25) is 4.79 Å². The smallest absolute Gasteiger partial charge is 0.263 e. The molecule has 4 nitrogen and oxygen atoms in total. The van der Waals surface area contributed by atoms with Crippen LogP contribution in [0.15, 0.2) is 6.07 Å². The van der Waals surface area contributed by atoms with Gasteiger partial charge in [-0.05, 0) is 37.7 Å². The molecule has 3 rings (SSSR count). The van der Waals surface area contributed by atoms with Crippen LogP contribution in [0.5, 0.6) is 0 Å². The minimum absolute atomic E-state index is 0.0149. The highest BCUT2D eigenvalue weighted by molar-refractivity contribution is 7.18. The molecule has 2 unspecified atom stereocenters. The number of amides is 1. The first-order valence-electron chi connectivity index (χ1n) is 7.14. The van der Waals surface area contributed by atoms with Crippen LogP contribution >= 0.6 is 11.3 Å². The van der Waals surface area contributed by atoms with Gasteiger partial charge in [0, 0.05) is 12.1 Å². The van der Waals surface area contributed by atoms with Crippen LogP contribution in [-0.2, 0) is 0 Å². The Bertz CT molecular complexity index is 481. The van der Waals surface area contributed by atoms with Crippen molar-refractivity contribution < 1.29 is 4.79 Å². The SMILES string of the molecule is CCCC1CC1Nc1cc(N)c(C(=O)NC2CC2)s1. The van der Waals surface area contributed by atoms with Crippen LogP contribution in [0, 0.1) is 5.92 Å². The van der Waals surface area contributed by atoms with E-state index in [2.05, 4.69) is 17.6 Å². The Morgan fingerprint density at radius 2 is 2.32 bits per heavy atom. The van der Waals surface area contributed by atoms with Gasteiger partial charge in [0.25, 0.3) is 5.91 Å². The van der Waals surface area contributed by atoms with E-state index in [1.165, 1.54) is 30.6 Å². The number of hydrogen-bond acceptors (Lipinski definition) is 4. The normalized spacial score (nSPS) is 25.1. The van der Waals surface area contributed by atoms with Crippen LogP contribution in [0.2, 0.25) is 0 Å². The molecule has 4 N–H and O–H groups in total. The Labute approximate surface area is 117 Å². The van der Waals surface area contributed by atoms with Crippen molar-refractivity contribution in [2.24, 2.45) is 5.92 Å². The first-order valence-corrected chi connectivity index (χ1v) is 7.95. The number of rotatable bonds is 6. The van der Waals surface area contributed by atoms with E-state index in [-0.39, 0.29) is 5.91 Å². The summed E-state index contributed by atoms with van der Waals surface area (Å²) >= 11 is 1.48. The summed E-state index contributed by atoms with van der Waals surface area (Å²) in [5, 5.41) is 7.51. The average Bonchev–Trinajstić information content (AvgIpc) is 3.25. The summed E-state index contributed by atoms with van der Waals surface area (Å²) in [6.45, 7) is 2.22. The first-order chi connectivity index (χ1) is 9.17. The highest BCUT2D eigenvalue weighted by atomic mass is 32.1. The lowest BCUT2D eigenvalue weighted by molar-refractivity contribution is 0.0956. The second kappa shape index (κ2) is 5.04. The van der Waals surface area contributed by atoms with E-state index in [4.69, 9.17) is 5.73 Å². The molecule has 0 spiro atoms. The lowest BCUT2D eigenvalue weighted by Gasteiger charge is -2.02. The van der Waals surface area contributed by atoms with Gasteiger partial charge in [0.2, 0.25) is 0 Å². The Balaban J connectivity index is 1.59. The molecule has 0 aromatic carbocycles. The number of nitrogen functional groups attached to an aromatic ring is 1. The van der Waals surface area contributed by atoms with Crippen LogP contribution in [-0.4, -0.2) is 18.0 Å². The van der Waals surface area contributed by atoms with Crippen molar-refractivity contribution in [1.29, 1.82) is 0 Å². The number of anilines is 2. The maximum atomic E-state index is 12.0. The number of thiophene rings is 1. The van der Waals surface area contributed by atoms with Gasteiger partial charge in [-0.25, -0.2) is 0 Å². The standard InChI is InChI=1S/C14H21N3OS/c1-2-3-8-6-11(8)17-12-7-10(15)13(19-12)14(18)16-9-4-5-9/h7-9,11,17H,2-6,15H2,1H3,(H,16,18). The number of carbonyl (C=O) groups is 1. The molecule has 0 radical (unpaired) electrons. The third kappa shape index (κ3) is 3.03. The summed E-state index contributed by atoms with van der Waals surface area (Å²) in [7, 11) is 0. The van der Waals surface area contributed by atoms with Crippen molar-refractivity contribution >= 4 is 27.9 Å². The zero-order valence-electron chi connectivity index (χ0n) is 11.2. The molecule has 1 aromatic rings. The topological polar surface area (TPSA) is 67.1 Å². The summed E-state index contributed by atoms with van der Waals surface area (Å²) in [6.07, 6.45) is 5.97. The number of nitrogens with two attached hydrogens (primary N) is 1. The number of nitrogens with one attached hydrogen (secondary N) is 2. The van der Waals surface area contributed by atoms with Gasteiger partial charge in [0.05, 0.1) is 10.7 Å². The molecule has 2 atom stereocenters. The molecule has 1 amide bonds. The molecule has 2 saturated carbocycles. The molecule has 104 valence electrons. The fraction of sp³-hybridized carbons (Fsp3) is 0.643. The minimum Gasteiger partial charge on any atom is -0.397 e. The van der Waals surface area contributed by atoms with Gasteiger partial charge in [-0.1, -0.05) is 13.3 Å². The monoisotopic (exact) mass is 279 g/mol. The lowest BCUT2D eigenvalue weighted by atomic mass is 10.2. The number of hydrogen-bond donors (Lipinski definition) is 3. The first kappa shape index (κ1) is 12.8. The Hall–Kier alpha value is -1.23. The van der Waals surface area contributed by atoms with Crippen LogP contribution in [0.4, 0.5) is 10.7 Å². The highest BCUT2D eigenvalue weighted by Gasteiger charge is 2.36. The fourth-order valence-corrected chi connectivity index (χ4v) is 3.37. The fourth-order valence-electron chi connectivity index (χ4n) is 2.43. The van der Waals surface area contributed by atoms with E-state index >= 15 is 0 Å². The second-order valence-corrected chi connectivity index (χ2v) is 6.73. The number of carbonyl (C=O) groups excluding carboxylic acids is 1. The van der Waals surface area contributed by atoms with Gasteiger partial charge >= 0.3 is 0 Å². The highest BCUT2D eigenvalue weighted by Crippen LogP contribution is 2.40. The van der Waals surface area contributed by atoms with E-state index in [1.54, 1.807) is 0 Å². The summed E-state index contributed by atoms with van der Waals surface area (Å²) in [4.78, 5) is 12.6. The third-order valence-electron chi connectivity index (χ3n) is 3.79. The molecule has 0 aliphatic heterocycles.